The van der Waals surface area contributed by atoms with E-state index in [0.717, 1.165) is 42.6 Å². The molecule has 346 valence electrons. The predicted molar refractivity (Wildman–Crippen MR) is 295 cm³/mol. The number of furan rings is 1. The van der Waals surface area contributed by atoms with Crippen molar-refractivity contribution in [1.29, 1.82) is 0 Å². The molecule has 0 N–H and O–H groups in total. The van der Waals surface area contributed by atoms with Gasteiger partial charge in [0, 0.05) is 33.7 Å². The highest BCUT2D eigenvalue weighted by Crippen LogP contribution is 2.55. The summed E-state index contributed by atoms with van der Waals surface area (Å²) in [6, 6.07) is 53.7. The monoisotopic (exact) mass is 903 g/mol. The standard InChI is InChI=1S/C65H67BN2O/c1-40-23-28-46(42-21-17-14-18-22-42)53(33-40)68-54-38-50-49(63(7,8)30-31-64(50,9)10)37-52(54)66-58-55(34-43(35-56(58)68)41-19-15-13-16-20-41)67(45-26-24-44(25-27-45)61(2,3)4)59-47-36-48-51(39-57(47)69-60(59)66)65(11,12)32-29-62(48,5)6/h13-28,33-39H,29-32H2,1-12H3. The Bertz CT molecular complexity index is 3380. The van der Waals surface area contributed by atoms with Crippen molar-refractivity contribution in [3.63, 3.8) is 0 Å². The van der Waals surface area contributed by atoms with Crippen LogP contribution in [0.4, 0.5) is 34.1 Å². The van der Waals surface area contributed by atoms with Crippen LogP contribution in [0.15, 0.2) is 144 Å². The highest BCUT2D eigenvalue weighted by atomic mass is 16.3. The van der Waals surface area contributed by atoms with Crippen molar-refractivity contribution in [2.45, 2.75) is 136 Å². The Hall–Kier alpha value is -6.26. The third-order valence-electron chi connectivity index (χ3n) is 17.2. The first-order valence-corrected chi connectivity index (χ1v) is 25.6. The molecule has 0 radical (unpaired) electrons. The number of benzene rings is 7. The van der Waals surface area contributed by atoms with Gasteiger partial charge in [-0.15, -0.1) is 0 Å². The third kappa shape index (κ3) is 6.75. The highest BCUT2D eigenvalue weighted by Gasteiger charge is 2.50. The summed E-state index contributed by atoms with van der Waals surface area (Å²) < 4.78 is 7.70. The van der Waals surface area contributed by atoms with Crippen LogP contribution in [-0.4, -0.2) is 6.71 Å². The zero-order valence-corrected chi connectivity index (χ0v) is 43.0. The van der Waals surface area contributed by atoms with Crippen molar-refractivity contribution in [3.05, 3.63) is 173 Å². The van der Waals surface area contributed by atoms with Crippen LogP contribution in [0.25, 0.3) is 33.2 Å². The zero-order chi connectivity index (χ0) is 48.2. The number of nitrogens with zero attached hydrogens (tertiary/aromatic N) is 2. The van der Waals surface area contributed by atoms with E-state index in [9.17, 15) is 0 Å². The largest absolute Gasteiger partial charge is 0.468 e. The second kappa shape index (κ2) is 14.9. The minimum atomic E-state index is -0.159. The van der Waals surface area contributed by atoms with Gasteiger partial charge in [-0.2, -0.15) is 0 Å². The molecular weight excluding hydrogens is 836 g/mol. The van der Waals surface area contributed by atoms with E-state index in [-0.39, 0.29) is 33.8 Å². The molecule has 0 atom stereocenters. The summed E-state index contributed by atoms with van der Waals surface area (Å²) in [6.45, 7) is 28.6. The quantitative estimate of drug-likeness (QED) is 0.164. The Morgan fingerprint density at radius 1 is 0.493 bits per heavy atom. The molecule has 0 saturated heterocycles. The van der Waals surface area contributed by atoms with Crippen LogP contribution in [0.2, 0.25) is 0 Å². The first-order chi connectivity index (χ1) is 32.7. The fourth-order valence-corrected chi connectivity index (χ4v) is 12.7. The summed E-state index contributed by atoms with van der Waals surface area (Å²) in [5.74, 6) is 0. The van der Waals surface area contributed by atoms with Crippen LogP contribution >= 0.6 is 0 Å². The molecule has 0 unspecified atom stereocenters. The maximum atomic E-state index is 7.70. The fourth-order valence-electron chi connectivity index (χ4n) is 12.7. The summed E-state index contributed by atoms with van der Waals surface area (Å²) in [5.41, 5.74) is 25.0. The average Bonchev–Trinajstić information content (AvgIpc) is 3.69. The lowest BCUT2D eigenvalue weighted by molar-refractivity contribution is 0.332. The predicted octanol–water partition coefficient (Wildman–Crippen LogP) is 16.2. The van der Waals surface area contributed by atoms with Gasteiger partial charge < -0.3 is 14.2 Å². The Morgan fingerprint density at radius 2 is 1.03 bits per heavy atom. The molecule has 2 aliphatic carbocycles. The minimum Gasteiger partial charge on any atom is -0.468 e. The average molecular weight is 903 g/mol. The van der Waals surface area contributed by atoms with Crippen LogP contribution in [0.5, 0.6) is 0 Å². The summed E-state index contributed by atoms with van der Waals surface area (Å²) in [5, 5.41) is 1.19. The molecule has 12 rings (SSSR count). The second-order valence-electron chi connectivity index (χ2n) is 24.8. The van der Waals surface area contributed by atoms with E-state index in [4.69, 9.17) is 4.42 Å². The van der Waals surface area contributed by atoms with Gasteiger partial charge in [0.05, 0.1) is 17.0 Å². The van der Waals surface area contributed by atoms with Crippen molar-refractivity contribution < 1.29 is 4.42 Å². The van der Waals surface area contributed by atoms with Crippen LogP contribution in [0, 0.1) is 6.92 Å². The number of aryl methyl sites for hydroxylation is 1. The first-order valence-electron chi connectivity index (χ1n) is 25.6. The van der Waals surface area contributed by atoms with E-state index in [1.807, 2.05) is 0 Å². The molecule has 4 aliphatic rings. The molecule has 0 fully saturated rings. The van der Waals surface area contributed by atoms with Crippen LogP contribution in [0.1, 0.15) is 135 Å². The summed E-state index contributed by atoms with van der Waals surface area (Å²) in [4.78, 5) is 5.24. The zero-order valence-electron chi connectivity index (χ0n) is 43.0. The third-order valence-corrected chi connectivity index (χ3v) is 17.2. The van der Waals surface area contributed by atoms with Gasteiger partial charge in [0.15, 0.2) is 0 Å². The molecule has 0 spiro atoms. The van der Waals surface area contributed by atoms with E-state index < -0.39 is 0 Å². The Balaban J connectivity index is 1.26. The molecule has 2 aliphatic heterocycles. The summed E-state index contributed by atoms with van der Waals surface area (Å²) in [7, 11) is 0. The van der Waals surface area contributed by atoms with Gasteiger partial charge in [0.25, 0.3) is 6.71 Å². The van der Waals surface area contributed by atoms with Crippen molar-refractivity contribution in [3.8, 4) is 22.3 Å². The van der Waals surface area contributed by atoms with Gasteiger partial charge in [-0.05, 0) is 169 Å². The topological polar surface area (TPSA) is 19.6 Å². The SMILES string of the molecule is Cc1ccc(-c2ccccc2)c(N2c3cc4c(cc3B3c5oc6cc7c(cc6c5N(c5ccc(C(C)(C)C)cc5)c5cc(-c6ccccc6)cc2c53)C(C)(C)CCC7(C)C)C(C)(C)CCC4(C)C)c1. The number of hydrogen-bond acceptors (Lipinski definition) is 3. The van der Waals surface area contributed by atoms with Gasteiger partial charge in [-0.1, -0.05) is 167 Å². The van der Waals surface area contributed by atoms with Gasteiger partial charge in [-0.25, -0.2) is 0 Å². The smallest absolute Gasteiger partial charge is 0.297 e. The normalized spacial score (nSPS) is 18.0. The lowest BCUT2D eigenvalue weighted by Crippen LogP contribution is -2.61. The molecule has 0 bridgehead atoms. The molecule has 0 saturated carbocycles. The molecule has 1 aromatic heterocycles. The summed E-state index contributed by atoms with van der Waals surface area (Å²) in [6.07, 6.45) is 4.58. The molecule has 4 heteroatoms. The minimum absolute atomic E-state index is 0.00350. The molecule has 8 aromatic rings. The van der Waals surface area contributed by atoms with Crippen LogP contribution in [0.3, 0.4) is 0 Å². The molecule has 3 heterocycles. The molecule has 7 aromatic carbocycles. The maximum Gasteiger partial charge on any atom is 0.297 e. The molecular formula is C65H67BN2O. The van der Waals surface area contributed by atoms with E-state index in [0.29, 0.717) is 0 Å². The maximum absolute atomic E-state index is 7.70. The van der Waals surface area contributed by atoms with E-state index >= 15 is 0 Å². The van der Waals surface area contributed by atoms with E-state index in [2.05, 4.69) is 232 Å². The van der Waals surface area contributed by atoms with Gasteiger partial charge in [0.2, 0.25) is 0 Å². The van der Waals surface area contributed by atoms with Gasteiger partial charge in [-0.3, -0.25) is 0 Å². The van der Waals surface area contributed by atoms with E-state index in [1.54, 1.807) is 0 Å². The lowest BCUT2D eigenvalue weighted by Gasteiger charge is -2.47. The number of rotatable bonds is 4. The lowest BCUT2D eigenvalue weighted by atomic mass is 9.35. The van der Waals surface area contributed by atoms with Gasteiger partial charge >= 0.3 is 0 Å². The number of anilines is 6. The first kappa shape index (κ1) is 44.0. The Labute approximate surface area is 411 Å². The highest BCUT2D eigenvalue weighted by molar-refractivity contribution is 7.00. The second-order valence-corrected chi connectivity index (χ2v) is 24.8. The Kier molecular flexibility index (Phi) is 9.48. The van der Waals surface area contributed by atoms with E-state index in [1.165, 1.54) is 100 Å². The molecule has 69 heavy (non-hydrogen) atoms. The van der Waals surface area contributed by atoms with Crippen LogP contribution < -0.4 is 26.4 Å². The van der Waals surface area contributed by atoms with Gasteiger partial charge in [0.1, 0.15) is 5.58 Å². The van der Waals surface area contributed by atoms with Crippen molar-refractivity contribution >= 4 is 68.4 Å². The van der Waals surface area contributed by atoms with Crippen molar-refractivity contribution in [1.82, 2.24) is 0 Å². The number of fused-ring (bicyclic) bond motifs is 8. The van der Waals surface area contributed by atoms with Crippen molar-refractivity contribution in [2.24, 2.45) is 0 Å². The molecule has 0 amide bonds. The Morgan fingerprint density at radius 3 is 1.62 bits per heavy atom. The summed E-state index contributed by atoms with van der Waals surface area (Å²) >= 11 is 0. The molecule has 3 nitrogen and oxygen atoms in total. The number of hydrogen-bond donors (Lipinski definition) is 0. The van der Waals surface area contributed by atoms with Crippen molar-refractivity contribution in [2.75, 3.05) is 9.80 Å². The fraction of sp³-hybridized carbons (Fsp3) is 0.323. The van der Waals surface area contributed by atoms with Crippen LogP contribution in [-0.2, 0) is 27.1 Å².